The van der Waals surface area contributed by atoms with Crippen LogP contribution in [0.1, 0.15) is 0 Å². The van der Waals surface area contributed by atoms with Crippen molar-refractivity contribution in [3.63, 3.8) is 0 Å². The first-order chi connectivity index (χ1) is 3.79. The summed E-state index contributed by atoms with van der Waals surface area (Å²) in [6.45, 7) is 0. The second-order valence-corrected chi connectivity index (χ2v) is 2.77. The molecule has 5 heteroatoms. The molecule has 1 aromatic heterocycles. The Kier molecular flexibility index (Phi) is 9.99. The van der Waals surface area contributed by atoms with Crippen molar-refractivity contribution in [2.45, 2.75) is 0 Å². The molecule has 0 bridgehead atoms. The van der Waals surface area contributed by atoms with Crippen LogP contribution < -0.4 is 24.0 Å². The molecule has 1 rings (SSSR count). The predicted octanol–water partition coefficient (Wildman–Crippen LogP) is -0.592. The summed E-state index contributed by atoms with van der Waals surface area (Å²) in [7, 11) is 0. The van der Waals surface area contributed by atoms with Gasteiger partial charge in [0.05, 0.1) is 0 Å². The SMILES string of the molecule is Brc1[c]ccc(Br)n1.[I-].[Zn]. The predicted molar refractivity (Wildman–Crippen MR) is 38.5 cm³/mol. The molecule has 0 atom stereocenters. The van der Waals surface area contributed by atoms with Crippen molar-refractivity contribution in [3.8, 4) is 0 Å². The van der Waals surface area contributed by atoms with Crippen molar-refractivity contribution in [1.29, 1.82) is 0 Å². The van der Waals surface area contributed by atoms with Crippen LogP contribution in [0.5, 0.6) is 0 Å². The third kappa shape index (κ3) is 5.16. The summed E-state index contributed by atoms with van der Waals surface area (Å²) in [5.74, 6) is 0. The Morgan fingerprint density at radius 1 is 1.40 bits per heavy atom. The number of halogens is 3. The number of pyridine rings is 1. The van der Waals surface area contributed by atoms with Crippen LogP contribution in [0.3, 0.4) is 0 Å². The maximum atomic E-state index is 3.95. The van der Waals surface area contributed by atoms with Crippen LogP contribution in [0.4, 0.5) is 0 Å². The van der Waals surface area contributed by atoms with Crippen molar-refractivity contribution in [1.82, 2.24) is 4.98 Å². The van der Waals surface area contributed by atoms with E-state index in [4.69, 9.17) is 0 Å². The van der Waals surface area contributed by atoms with E-state index in [1.165, 1.54) is 0 Å². The Morgan fingerprint density at radius 3 is 2.30 bits per heavy atom. The molecule has 0 unspecified atom stereocenters. The van der Waals surface area contributed by atoms with Crippen LogP contribution in [0.15, 0.2) is 21.3 Å². The van der Waals surface area contributed by atoms with E-state index >= 15 is 0 Å². The van der Waals surface area contributed by atoms with Gasteiger partial charge in [0.1, 0.15) is 9.21 Å². The Balaban J connectivity index is 0. The molecule has 0 N–H and O–H groups in total. The molecule has 51 valence electrons. The largest absolute Gasteiger partial charge is 1.00 e. The molecule has 1 nitrogen and oxygen atoms in total. The van der Waals surface area contributed by atoms with E-state index in [0.717, 1.165) is 9.21 Å². The normalized spacial score (nSPS) is 7.40. The van der Waals surface area contributed by atoms with Crippen LogP contribution >= 0.6 is 31.9 Å². The molecule has 0 spiro atoms. The van der Waals surface area contributed by atoms with Gasteiger partial charge >= 0.3 is 0 Å². The monoisotopic (exact) mass is 425 g/mol. The Bertz CT molecular complexity index is 180. The van der Waals surface area contributed by atoms with Gasteiger partial charge in [0, 0.05) is 25.5 Å². The first-order valence-electron chi connectivity index (χ1n) is 1.99. The van der Waals surface area contributed by atoms with Gasteiger partial charge in [0.2, 0.25) is 0 Å². The molecule has 0 aromatic carbocycles. The number of rotatable bonds is 0. The van der Waals surface area contributed by atoms with Crippen LogP contribution in [0.2, 0.25) is 0 Å². The van der Waals surface area contributed by atoms with Crippen molar-refractivity contribution in [2.24, 2.45) is 0 Å². The average Bonchev–Trinajstić information content (AvgIpc) is 1.64. The maximum Gasteiger partial charge on any atom is 0.115 e. The van der Waals surface area contributed by atoms with E-state index in [2.05, 4.69) is 42.9 Å². The molecule has 0 saturated heterocycles. The van der Waals surface area contributed by atoms with Gasteiger partial charge in [-0.2, -0.15) is 0 Å². The quantitative estimate of drug-likeness (QED) is 0.306. The third-order valence-corrected chi connectivity index (χ3v) is 1.48. The van der Waals surface area contributed by atoms with Gasteiger partial charge < -0.3 is 24.0 Å². The van der Waals surface area contributed by atoms with Crippen molar-refractivity contribution in [3.05, 3.63) is 27.4 Å². The van der Waals surface area contributed by atoms with Crippen molar-refractivity contribution in [2.75, 3.05) is 0 Å². The van der Waals surface area contributed by atoms with Gasteiger partial charge in [-0.1, -0.05) is 0 Å². The second kappa shape index (κ2) is 7.13. The van der Waals surface area contributed by atoms with Gasteiger partial charge in [-0.25, -0.2) is 4.98 Å². The molecular weight excluding hydrogens is 426 g/mol. The topological polar surface area (TPSA) is 12.9 Å². The zero-order valence-corrected chi connectivity index (χ0v) is 13.2. The molecule has 0 amide bonds. The summed E-state index contributed by atoms with van der Waals surface area (Å²) in [6.07, 6.45) is 0. The standard InChI is InChI=1S/C5H2Br2N.HI.Zn/c6-4-2-1-3-5(7)8-4;;/h1-2H;1H;/p-1. The minimum absolute atomic E-state index is 0. The summed E-state index contributed by atoms with van der Waals surface area (Å²) in [5, 5.41) is 0. The van der Waals surface area contributed by atoms with Gasteiger partial charge in [-0.3, -0.25) is 0 Å². The first-order valence-corrected chi connectivity index (χ1v) is 3.57. The number of aromatic nitrogens is 1. The summed E-state index contributed by atoms with van der Waals surface area (Å²) in [4.78, 5) is 3.95. The molecule has 1 heterocycles. The third-order valence-electron chi connectivity index (χ3n) is 0.628. The number of hydrogen-bond acceptors (Lipinski definition) is 1. The van der Waals surface area contributed by atoms with E-state index in [-0.39, 0.29) is 43.5 Å². The fourth-order valence-electron chi connectivity index (χ4n) is 0.343. The van der Waals surface area contributed by atoms with Crippen molar-refractivity contribution >= 4 is 31.9 Å². The average molecular weight is 428 g/mol. The Hall–Kier alpha value is 1.46. The van der Waals surface area contributed by atoms with Crippen LogP contribution in [-0.4, -0.2) is 4.98 Å². The molecule has 1 radical (unpaired) electrons. The van der Waals surface area contributed by atoms with Gasteiger partial charge in [-0.05, 0) is 44.0 Å². The summed E-state index contributed by atoms with van der Waals surface area (Å²) in [6, 6.07) is 6.46. The van der Waals surface area contributed by atoms with E-state index in [1.807, 2.05) is 6.07 Å². The Labute approximate surface area is 106 Å². The van der Waals surface area contributed by atoms with E-state index < -0.39 is 0 Å². The molecular formula is C5H2Br2INZn-. The number of hydrogen-bond donors (Lipinski definition) is 0. The summed E-state index contributed by atoms with van der Waals surface area (Å²) in [5.41, 5.74) is 0. The molecule has 0 aliphatic rings. The molecule has 10 heavy (non-hydrogen) atoms. The maximum absolute atomic E-state index is 3.95. The first kappa shape index (κ1) is 14.0. The minimum Gasteiger partial charge on any atom is -1.00 e. The van der Waals surface area contributed by atoms with E-state index in [9.17, 15) is 0 Å². The van der Waals surface area contributed by atoms with Crippen LogP contribution in [-0.2, 0) is 19.5 Å². The van der Waals surface area contributed by atoms with Gasteiger partial charge in [0.25, 0.3) is 0 Å². The fraction of sp³-hybridized carbons (Fsp3) is 0. The van der Waals surface area contributed by atoms with Crippen molar-refractivity contribution < 1.29 is 43.5 Å². The van der Waals surface area contributed by atoms with Gasteiger partial charge in [0.15, 0.2) is 0 Å². The van der Waals surface area contributed by atoms with Crippen LogP contribution in [0.25, 0.3) is 0 Å². The molecule has 0 fully saturated rings. The molecule has 1 aromatic rings. The fourth-order valence-corrected chi connectivity index (χ4v) is 1.21. The molecule has 0 aliphatic carbocycles. The smallest absolute Gasteiger partial charge is 0.115 e. The Morgan fingerprint density at radius 2 is 2.00 bits per heavy atom. The van der Waals surface area contributed by atoms with E-state index in [1.54, 1.807) is 6.07 Å². The zero-order valence-electron chi connectivity index (χ0n) is 4.94. The second-order valence-electron chi connectivity index (χ2n) is 1.20. The summed E-state index contributed by atoms with van der Waals surface area (Å²) >= 11 is 6.37. The number of nitrogens with zero attached hydrogens (tertiary/aromatic N) is 1. The minimum atomic E-state index is 0. The van der Waals surface area contributed by atoms with Gasteiger partial charge in [-0.15, -0.1) is 0 Å². The zero-order chi connectivity index (χ0) is 5.98. The molecule has 0 aliphatic heterocycles. The van der Waals surface area contributed by atoms with Crippen LogP contribution in [0, 0.1) is 6.07 Å². The van der Waals surface area contributed by atoms with E-state index in [0.29, 0.717) is 0 Å². The summed E-state index contributed by atoms with van der Waals surface area (Å²) < 4.78 is 1.55. The molecule has 0 saturated carbocycles.